The second-order valence-corrected chi connectivity index (χ2v) is 12.7. The highest BCUT2D eigenvalue weighted by Crippen LogP contribution is 2.28. The van der Waals surface area contributed by atoms with Crippen molar-refractivity contribution in [3.8, 4) is 17.2 Å². The Hall–Kier alpha value is -4.29. The molecule has 0 N–H and O–H groups in total. The summed E-state index contributed by atoms with van der Waals surface area (Å²) in [5.41, 5.74) is 1.43. The Bertz CT molecular complexity index is 1810. The van der Waals surface area contributed by atoms with Gasteiger partial charge in [-0.05, 0) is 68.4 Å². The van der Waals surface area contributed by atoms with Crippen molar-refractivity contribution >= 4 is 34.2 Å². The summed E-state index contributed by atoms with van der Waals surface area (Å²) in [6, 6.07) is 19.5. The SMILES string of the molecule is CC(C)Oc1cc(C(=O)CN2CCOCC2)ccc1-n1c(CN2CCN(C(=O)COc3ccc(Cl)cc3)CC2)nc2ccccc2c1=O. The van der Waals surface area contributed by atoms with Gasteiger partial charge in [0, 0.05) is 49.9 Å². The van der Waals surface area contributed by atoms with Crippen LogP contribution in [0.3, 0.4) is 0 Å². The lowest BCUT2D eigenvalue weighted by Gasteiger charge is -2.34. The molecule has 2 aliphatic heterocycles. The first-order valence-electron chi connectivity index (χ1n) is 16.3. The average Bonchev–Trinajstić information content (AvgIpc) is 3.09. The van der Waals surface area contributed by atoms with Gasteiger partial charge in [-0.1, -0.05) is 23.7 Å². The van der Waals surface area contributed by atoms with Gasteiger partial charge in [-0.15, -0.1) is 0 Å². The van der Waals surface area contributed by atoms with Crippen LogP contribution in [0, 0.1) is 0 Å². The predicted molar refractivity (Wildman–Crippen MR) is 183 cm³/mol. The van der Waals surface area contributed by atoms with Crippen molar-refractivity contribution in [3.63, 3.8) is 0 Å². The molecule has 0 bridgehead atoms. The van der Waals surface area contributed by atoms with Crippen LogP contribution in [-0.2, 0) is 16.1 Å². The number of aromatic nitrogens is 2. The number of morpholine rings is 1. The molecule has 0 unspecified atom stereocenters. The van der Waals surface area contributed by atoms with Gasteiger partial charge in [0.25, 0.3) is 11.5 Å². The molecule has 1 aromatic heterocycles. The minimum Gasteiger partial charge on any atom is -0.489 e. The molecule has 2 fully saturated rings. The van der Waals surface area contributed by atoms with E-state index < -0.39 is 0 Å². The normalized spacial score (nSPS) is 16.0. The van der Waals surface area contributed by atoms with Gasteiger partial charge in [0.15, 0.2) is 12.4 Å². The van der Waals surface area contributed by atoms with E-state index in [1.165, 1.54) is 0 Å². The van der Waals surface area contributed by atoms with Gasteiger partial charge in [0.05, 0.1) is 49.0 Å². The van der Waals surface area contributed by atoms with E-state index in [2.05, 4.69) is 9.80 Å². The number of Topliss-reactive ketones (excluding diaryl/α,β-unsaturated/α-hetero) is 1. The second kappa shape index (κ2) is 15.3. The van der Waals surface area contributed by atoms with Crippen molar-refractivity contribution in [2.75, 3.05) is 65.6 Å². The molecule has 0 aliphatic carbocycles. The van der Waals surface area contributed by atoms with Crippen LogP contribution in [0.5, 0.6) is 11.5 Å². The van der Waals surface area contributed by atoms with E-state index in [0.29, 0.717) is 104 Å². The van der Waals surface area contributed by atoms with Gasteiger partial charge in [0.1, 0.15) is 17.3 Å². The number of benzene rings is 3. The molecule has 1 amide bonds. The van der Waals surface area contributed by atoms with Crippen LogP contribution in [0.2, 0.25) is 5.02 Å². The Kier molecular flexibility index (Phi) is 10.7. The average molecular weight is 674 g/mol. The fourth-order valence-electron chi connectivity index (χ4n) is 5.93. The molecule has 11 nitrogen and oxygen atoms in total. The summed E-state index contributed by atoms with van der Waals surface area (Å²) in [6.45, 7) is 9.29. The van der Waals surface area contributed by atoms with E-state index in [0.717, 1.165) is 0 Å². The van der Waals surface area contributed by atoms with Gasteiger partial charge in [-0.25, -0.2) is 4.98 Å². The number of nitrogens with zero attached hydrogens (tertiary/aromatic N) is 5. The van der Waals surface area contributed by atoms with E-state index in [1.54, 1.807) is 58.0 Å². The summed E-state index contributed by atoms with van der Waals surface area (Å²) < 4.78 is 18.9. The fourth-order valence-corrected chi connectivity index (χ4v) is 6.06. The zero-order chi connectivity index (χ0) is 33.6. The van der Waals surface area contributed by atoms with Crippen molar-refractivity contribution in [2.45, 2.75) is 26.5 Å². The van der Waals surface area contributed by atoms with Gasteiger partial charge < -0.3 is 19.1 Å². The van der Waals surface area contributed by atoms with Crippen LogP contribution in [-0.4, -0.2) is 108 Å². The third-order valence-electron chi connectivity index (χ3n) is 8.47. The van der Waals surface area contributed by atoms with Crippen LogP contribution >= 0.6 is 11.6 Å². The lowest BCUT2D eigenvalue weighted by molar-refractivity contribution is -0.135. The quantitative estimate of drug-likeness (QED) is 0.218. The number of rotatable bonds is 11. The number of hydrogen-bond donors (Lipinski definition) is 0. The molecular formula is C36H40ClN5O6. The number of fused-ring (bicyclic) bond motifs is 1. The molecule has 6 rings (SSSR count). The highest BCUT2D eigenvalue weighted by molar-refractivity contribution is 6.30. The van der Waals surface area contributed by atoms with Gasteiger partial charge >= 0.3 is 0 Å². The summed E-state index contributed by atoms with van der Waals surface area (Å²) in [5, 5.41) is 1.09. The summed E-state index contributed by atoms with van der Waals surface area (Å²) in [6.07, 6.45) is -0.199. The molecule has 3 aromatic carbocycles. The summed E-state index contributed by atoms with van der Waals surface area (Å²) >= 11 is 5.94. The van der Waals surface area contributed by atoms with Crippen LogP contribution in [0.15, 0.2) is 71.5 Å². The molecule has 0 radical (unpaired) electrons. The maximum Gasteiger partial charge on any atom is 0.266 e. The minimum atomic E-state index is -0.218. The van der Waals surface area contributed by atoms with Crippen molar-refractivity contribution in [3.05, 3.63) is 93.5 Å². The first-order valence-corrected chi connectivity index (χ1v) is 16.7. The number of halogens is 1. The Labute approximate surface area is 284 Å². The zero-order valence-corrected chi connectivity index (χ0v) is 28.0. The molecule has 0 spiro atoms. The van der Waals surface area contributed by atoms with Crippen LogP contribution in [0.25, 0.3) is 16.6 Å². The third-order valence-corrected chi connectivity index (χ3v) is 8.72. The number of piperazine rings is 1. The number of carbonyl (C=O) groups excluding carboxylic acids is 2. The topological polar surface area (TPSA) is 106 Å². The van der Waals surface area contributed by atoms with Crippen molar-refractivity contribution in [2.24, 2.45) is 0 Å². The number of hydrogen-bond acceptors (Lipinski definition) is 9. The maximum absolute atomic E-state index is 14.1. The first kappa shape index (κ1) is 33.6. The fraction of sp³-hybridized carbons (Fsp3) is 0.389. The van der Waals surface area contributed by atoms with Crippen LogP contribution < -0.4 is 15.0 Å². The van der Waals surface area contributed by atoms with E-state index in [-0.39, 0.29) is 36.5 Å². The second-order valence-electron chi connectivity index (χ2n) is 12.2. The number of ketones is 1. The number of amides is 1. The lowest BCUT2D eigenvalue weighted by atomic mass is 10.1. The summed E-state index contributed by atoms with van der Waals surface area (Å²) in [4.78, 5) is 51.4. The predicted octanol–water partition coefficient (Wildman–Crippen LogP) is 4.06. The molecule has 252 valence electrons. The molecule has 0 atom stereocenters. The van der Waals surface area contributed by atoms with Gasteiger partial charge in [0.2, 0.25) is 0 Å². The molecule has 3 heterocycles. The van der Waals surface area contributed by atoms with Gasteiger partial charge in [-0.3, -0.25) is 28.8 Å². The van der Waals surface area contributed by atoms with Crippen molar-refractivity contribution in [1.29, 1.82) is 0 Å². The molecular weight excluding hydrogens is 634 g/mol. The van der Waals surface area contributed by atoms with E-state index in [4.69, 9.17) is 30.8 Å². The zero-order valence-electron chi connectivity index (χ0n) is 27.3. The maximum atomic E-state index is 14.1. The molecule has 2 aliphatic rings. The summed E-state index contributed by atoms with van der Waals surface area (Å²) in [7, 11) is 0. The van der Waals surface area contributed by atoms with E-state index >= 15 is 0 Å². The Morgan fingerprint density at radius 1 is 0.917 bits per heavy atom. The first-order chi connectivity index (χ1) is 23.2. The minimum absolute atomic E-state index is 0.0211. The van der Waals surface area contributed by atoms with E-state index in [1.807, 2.05) is 32.0 Å². The highest BCUT2D eigenvalue weighted by atomic mass is 35.5. The smallest absolute Gasteiger partial charge is 0.266 e. The standard InChI is InChI=1S/C36H40ClN5O6/c1-25(2)48-33-21-26(32(43)22-40-17-19-46-20-18-40)7-12-31(33)42-34(38-30-6-4-3-5-29(30)36(42)45)23-39-13-15-41(16-14-39)35(44)24-47-28-10-8-27(37)9-11-28/h3-12,21,25H,13-20,22-24H2,1-2H3. The number of para-hydroxylation sites is 1. The van der Waals surface area contributed by atoms with E-state index in [9.17, 15) is 14.4 Å². The summed E-state index contributed by atoms with van der Waals surface area (Å²) in [5.74, 6) is 1.46. The monoisotopic (exact) mass is 673 g/mol. The van der Waals surface area contributed by atoms with Crippen molar-refractivity contribution < 1.29 is 23.8 Å². The Morgan fingerprint density at radius 3 is 2.38 bits per heavy atom. The Balaban J connectivity index is 1.23. The van der Waals surface area contributed by atoms with Crippen LogP contribution in [0.1, 0.15) is 30.0 Å². The lowest BCUT2D eigenvalue weighted by Crippen LogP contribution is -2.50. The Morgan fingerprint density at radius 2 is 1.65 bits per heavy atom. The molecule has 2 saturated heterocycles. The molecule has 0 saturated carbocycles. The highest BCUT2D eigenvalue weighted by Gasteiger charge is 2.25. The van der Waals surface area contributed by atoms with Crippen molar-refractivity contribution in [1.82, 2.24) is 24.3 Å². The molecule has 4 aromatic rings. The van der Waals surface area contributed by atoms with Gasteiger partial charge in [-0.2, -0.15) is 0 Å². The third kappa shape index (κ3) is 8.04. The number of ether oxygens (including phenoxy) is 3. The molecule has 12 heteroatoms. The van der Waals surface area contributed by atoms with Crippen LogP contribution in [0.4, 0.5) is 0 Å². The largest absolute Gasteiger partial charge is 0.489 e. The number of carbonyl (C=O) groups is 2. The molecule has 48 heavy (non-hydrogen) atoms.